The van der Waals surface area contributed by atoms with E-state index in [0.29, 0.717) is 17.3 Å². The van der Waals surface area contributed by atoms with Crippen LogP contribution in [0.2, 0.25) is 5.02 Å². The molecule has 4 heterocycles. The number of nitrogens with one attached hydrogen (secondary N) is 1. The van der Waals surface area contributed by atoms with Gasteiger partial charge in [-0.15, -0.1) is 0 Å². The van der Waals surface area contributed by atoms with E-state index in [1.54, 1.807) is 12.1 Å². The molecule has 6 rings (SSSR count). The van der Waals surface area contributed by atoms with Crippen LogP contribution in [-0.4, -0.2) is 35.2 Å². The van der Waals surface area contributed by atoms with Crippen LogP contribution in [0.15, 0.2) is 36.4 Å². The first-order valence-electron chi connectivity index (χ1n) is 11.3. The third-order valence-electron chi connectivity index (χ3n) is 7.91. The number of amides is 3. The second-order valence-electron chi connectivity index (χ2n) is 9.26. The fraction of sp³-hybridized carbons (Fsp3) is 0.400. The van der Waals surface area contributed by atoms with E-state index in [1.165, 1.54) is 4.90 Å². The number of fused-ring (bicyclic) bond motifs is 7. The van der Waals surface area contributed by atoms with Gasteiger partial charge in [-0.25, -0.2) is 4.90 Å². The van der Waals surface area contributed by atoms with Crippen molar-refractivity contribution in [1.29, 1.82) is 0 Å². The van der Waals surface area contributed by atoms with Crippen LogP contribution < -0.4 is 10.2 Å². The third-order valence-corrected chi connectivity index (χ3v) is 8.14. The zero-order valence-electron chi connectivity index (χ0n) is 18.0. The quantitative estimate of drug-likeness (QED) is 0.710. The molecule has 1 N–H and O–H groups in total. The minimum absolute atomic E-state index is 0.122. The molecule has 0 aromatic heterocycles. The van der Waals surface area contributed by atoms with Gasteiger partial charge in [-0.1, -0.05) is 42.8 Å². The molecule has 6 nitrogen and oxygen atoms in total. The molecule has 32 heavy (non-hydrogen) atoms. The van der Waals surface area contributed by atoms with Gasteiger partial charge in [0.05, 0.1) is 17.5 Å². The smallest absolute Gasteiger partial charge is 0.250 e. The number of hydrogen-bond donors (Lipinski definition) is 1. The summed E-state index contributed by atoms with van der Waals surface area (Å²) in [4.78, 5) is 45.0. The highest BCUT2D eigenvalue weighted by atomic mass is 35.5. The molecule has 164 valence electrons. The Hall–Kier alpha value is -2.70. The van der Waals surface area contributed by atoms with Crippen molar-refractivity contribution in [2.75, 3.05) is 16.8 Å². The van der Waals surface area contributed by atoms with Gasteiger partial charge in [0.15, 0.2) is 0 Å². The van der Waals surface area contributed by atoms with Crippen molar-refractivity contribution in [1.82, 2.24) is 4.90 Å². The molecule has 3 saturated heterocycles. The number of carbonyl (C=O) groups is 3. The van der Waals surface area contributed by atoms with E-state index in [2.05, 4.69) is 17.1 Å². The summed E-state index contributed by atoms with van der Waals surface area (Å²) in [7, 11) is 0. The number of hydrogen-bond acceptors (Lipinski definition) is 4. The van der Waals surface area contributed by atoms with Gasteiger partial charge in [0.25, 0.3) is 0 Å². The summed E-state index contributed by atoms with van der Waals surface area (Å²) < 4.78 is 0. The standard InChI is InChI=1S/C25H24ClN3O3/c1-3-14-6-4-7-16-21(14)27-24(32)25(16)20-19(17-8-5-11-28(17)25)22(30)29(23(20)31)18-12-15(26)10-9-13(18)2/h4,6-7,9-10,12,17,19-20H,3,5,8,11H2,1-2H3,(H,27,32)/t17-,19-,20-,25-/m0/s1. The number of carbonyl (C=O) groups excluding carboxylic acids is 3. The molecule has 7 heteroatoms. The Bertz CT molecular complexity index is 1210. The highest BCUT2D eigenvalue weighted by Crippen LogP contribution is 2.61. The minimum atomic E-state index is -1.14. The van der Waals surface area contributed by atoms with Crippen LogP contribution >= 0.6 is 11.6 Å². The Labute approximate surface area is 191 Å². The first-order chi connectivity index (χ1) is 15.4. The number of nitrogens with zero attached hydrogens (tertiary/aromatic N) is 2. The molecule has 2 aromatic carbocycles. The predicted octanol–water partition coefficient (Wildman–Crippen LogP) is 3.64. The highest BCUT2D eigenvalue weighted by Gasteiger charge is 2.74. The number of rotatable bonds is 2. The lowest BCUT2D eigenvalue weighted by Gasteiger charge is -2.36. The lowest BCUT2D eigenvalue weighted by atomic mass is 9.75. The Balaban J connectivity index is 1.57. The number of para-hydroxylation sites is 1. The maximum atomic E-state index is 14.0. The van der Waals surface area contributed by atoms with E-state index < -0.39 is 17.4 Å². The summed E-state index contributed by atoms with van der Waals surface area (Å²) in [5.41, 5.74) is 2.88. The average molecular weight is 450 g/mol. The molecule has 3 fully saturated rings. The zero-order chi connectivity index (χ0) is 22.4. The fourth-order valence-electron chi connectivity index (χ4n) is 6.65. The fourth-order valence-corrected chi connectivity index (χ4v) is 6.81. The van der Waals surface area contributed by atoms with Crippen LogP contribution in [-0.2, 0) is 26.3 Å². The summed E-state index contributed by atoms with van der Waals surface area (Å²) in [5.74, 6) is -1.98. The first kappa shape index (κ1) is 19.9. The molecule has 2 aromatic rings. The van der Waals surface area contributed by atoms with Crippen molar-refractivity contribution in [3.63, 3.8) is 0 Å². The van der Waals surface area contributed by atoms with Crippen LogP contribution in [0.1, 0.15) is 36.5 Å². The SMILES string of the molecule is CCc1cccc2c1NC(=O)[C@@]21[C@@H]2C(=O)N(c3cc(Cl)ccc3C)C(=O)[C@H]2[C@@H]2CCCN21. The number of anilines is 2. The second-order valence-corrected chi connectivity index (χ2v) is 9.70. The van der Waals surface area contributed by atoms with E-state index >= 15 is 0 Å². The summed E-state index contributed by atoms with van der Waals surface area (Å²) in [6.07, 6.45) is 2.49. The molecule has 4 aliphatic heterocycles. The van der Waals surface area contributed by atoms with E-state index in [9.17, 15) is 14.4 Å². The number of halogens is 1. The van der Waals surface area contributed by atoms with Gasteiger partial charge in [0.2, 0.25) is 17.7 Å². The molecular weight excluding hydrogens is 426 g/mol. The van der Waals surface area contributed by atoms with Gasteiger partial charge < -0.3 is 5.32 Å². The molecule has 4 atom stereocenters. The number of imide groups is 1. The Kier molecular flexibility index (Phi) is 4.15. The normalized spacial score (nSPS) is 30.8. The van der Waals surface area contributed by atoms with Gasteiger partial charge in [-0.05, 0) is 56.0 Å². The van der Waals surface area contributed by atoms with Gasteiger partial charge in [0.1, 0.15) is 5.54 Å². The zero-order valence-corrected chi connectivity index (χ0v) is 18.8. The largest absolute Gasteiger partial charge is 0.324 e. The molecule has 1 spiro atoms. The average Bonchev–Trinajstić information content (AvgIpc) is 3.48. The lowest BCUT2D eigenvalue weighted by Crippen LogP contribution is -2.54. The van der Waals surface area contributed by atoms with Crippen LogP contribution in [0, 0.1) is 18.8 Å². The van der Waals surface area contributed by atoms with Gasteiger partial charge in [0, 0.05) is 22.3 Å². The van der Waals surface area contributed by atoms with E-state index in [4.69, 9.17) is 11.6 Å². The van der Waals surface area contributed by atoms with Crippen LogP contribution in [0.25, 0.3) is 0 Å². The molecule has 0 saturated carbocycles. The van der Waals surface area contributed by atoms with Gasteiger partial charge >= 0.3 is 0 Å². The summed E-state index contributed by atoms with van der Waals surface area (Å²) in [6.45, 7) is 4.62. The second kappa shape index (κ2) is 6.65. The van der Waals surface area contributed by atoms with Crippen molar-refractivity contribution >= 4 is 40.7 Å². The van der Waals surface area contributed by atoms with E-state index in [0.717, 1.165) is 41.6 Å². The molecular formula is C25H24ClN3O3. The van der Waals surface area contributed by atoms with Crippen LogP contribution in [0.4, 0.5) is 11.4 Å². The molecule has 0 unspecified atom stereocenters. The molecule has 0 aliphatic carbocycles. The predicted molar refractivity (Wildman–Crippen MR) is 122 cm³/mol. The van der Waals surface area contributed by atoms with Crippen molar-refractivity contribution in [2.45, 2.75) is 44.7 Å². The molecule has 3 amide bonds. The van der Waals surface area contributed by atoms with Crippen molar-refractivity contribution in [3.8, 4) is 0 Å². The minimum Gasteiger partial charge on any atom is -0.324 e. The maximum Gasteiger partial charge on any atom is 0.250 e. The van der Waals surface area contributed by atoms with Crippen molar-refractivity contribution in [2.24, 2.45) is 11.8 Å². The molecule has 4 aliphatic rings. The number of aryl methyl sites for hydroxylation is 2. The van der Waals surface area contributed by atoms with Crippen LogP contribution in [0.5, 0.6) is 0 Å². The number of benzene rings is 2. The summed E-state index contributed by atoms with van der Waals surface area (Å²) in [6, 6.07) is 11.0. The molecule has 0 bridgehead atoms. The molecule has 0 radical (unpaired) electrons. The summed E-state index contributed by atoms with van der Waals surface area (Å²) in [5, 5.41) is 3.57. The first-order valence-corrected chi connectivity index (χ1v) is 11.6. The Morgan fingerprint density at radius 3 is 2.75 bits per heavy atom. The Morgan fingerprint density at radius 1 is 1.16 bits per heavy atom. The van der Waals surface area contributed by atoms with Gasteiger partial charge in [-0.2, -0.15) is 0 Å². The van der Waals surface area contributed by atoms with E-state index in [1.807, 2.05) is 31.2 Å². The van der Waals surface area contributed by atoms with Gasteiger partial charge in [-0.3, -0.25) is 19.3 Å². The lowest BCUT2D eigenvalue weighted by molar-refractivity contribution is -0.135. The van der Waals surface area contributed by atoms with Crippen LogP contribution in [0.3, 0.4) is 0 Å². The topological polar surface area (TPSA) is 69.7 Å². The van der Waals surface area contributed by atoms with E-state index in [-0.39, 0.29) is 23.8 Å². The van der Waals surface area contributed by atoms with Crippen molar-refractivity contribution < 1.29 is 14.4 Å². The maximum absolute atomic E-state index is 14.0. The Morgan fingerprint density at radius 2 is 1.97 bits per heavy atom. The third kappa shape index (κ3) is 2.22. The van der Waals surface area contributed by atoms with Crippen molar-refractivity contribution in [3.05, 3.63) is 58.1 Å². The monoisotopic (exact) mass is 449 g/mol. The summed E-state index contributed by atoms with van der Waals surface area (Å²) >= 11 is 6.22. The highest BCUT2D eigenvalue weighted by molar-refractivity contribution is 6.32.